The topological polar surface area (TPSA) is 46.3 Å². The van der Waals surface area contributed by atoms with Gasteiger partial charge < -0.3 is 10.6 Å². The van der Waals surface area contributed by atoms with Crippen LogP contribution in [0.15, 0.2) is 18.2 Å². The van der Waals surface area contributed by atoms with Gasteiger partial charge in [-0.1, -0.05) is 28.1 Å². The van der Waals surface area contributed by atoms with Gasteiger partial charge in [-0.2, -0.15) is 0 Å². The van der Waals surface area contributed by atoms with E-state index in [9.17, 15) is 4.79 Å². The number of halogens is 1. The van der Waals surface area contributed by atoms with Crippen molar-refractivity contribution < 1.29 is 4.79 Å². The summed E-state index contributed by atoms with van der Waals surface area (Å²) in [6.45, 7) is 1.35. The summed E-state index contributed by atoms with van der Waals surface area (Å²) in [6.07, 6.45) is 2.04. The van der Waals surface area contributed by atoms with E-state index in [2.05, 4.69) is 15.9 Å². The molecule has 0 bridgehead atoms. The van der Waals surface area contributed by atoms with Crippen LogP contribution >= 0.6 is 15.9 Å². The zero-order valence-corrected chi connectivity index (χ0v) is 10.7. The van der Waals surface area contributed by atoms with Crippen LogP contribution in [0.4, 0.5) is 5.69 Å². The van der Waals surface area contributed by atoms with Crippen molar-refractivity contribution in [3.63, 3.8) is 0 Å². The summed E-state index contributed by atoms with van der Waals surface area (Å²) >= 11 is 3.22. The largest absolute Gasteiger partial charge is 0.326 e. The van der Waals surface area contributed by atoms with Gasteiger partial charge >= 0.3 is 0 Å². The molecule has 2 N–H and O–H groups in total. The first kappa shape index (κ1) is 11.6. The normalized spacial score (nSPS) is 14.8. The second-order valence-corrected chi connectivity index (χ2v) is 4.46. The molecule has 4 heteroatoms. The molecule has 0 aliphatic carbocycles. The highest BCUT2D eigenvalue weighted by molar-refractivity contribution is 9.09. The van der Waals surface area contributed by atoms with E-state index < -0.39 is 0 Å². The van der Waals surface area contributed by atoms with Gasteiger partial charge in [-0.25, -0.2) is 0 Å². The maximum atomic E-state index is 11.8. The number of anilines is 1. The van der Waals surface area contributed by atoms with Gasteiger partial charge in [-0.15, -0.1) is 0 Å². The number of carbonyl (C=O) groups excluding carboxylic acids is 1. The fourth-order valence-corrected chi connectivity index (χ4v) is 2.52. The Hall–Kier alpha value is -0.870. The van der Waals surface area contributed by atoms with E-state index in [1.165, 1.54) is 5.56 Å². The van der Waals surface area contributed by atoms with Crippen LogP contribution in [0.25, 0.3) is 0 Å². The van der Waals surface area contributed by atoms with E-state index in [0.717, 1.165) is 30.6 Å². The van der Waals surface area contributed by atoms with Gasteiger partial charge in [0.25, 0.3) is 0 Å². The number of amides is 1. The molecule has 0 atom stereocenters. The molecule has 1 aromatic rings. The molecular formula is C12H15BrN2O. The van der Waals surface area contributed by atoms with Crippen LogP contribution in [0.2, 0.25) is 0 Å². The molecule has 0 radical (unpaired) electrons. The fraction of sp³-hybridized carbons (Fsp3) is 0.417. The average Bonchev–Trinajstić information content (AvgIpc) is 2.36. The Kier molecular flexibility index (Phi) is 3.61. The van der Waals surface area contributed by atoms with Crippen molar-refractivity contribution in [3.05, 3.63) is 29.3 Å². The lowest BCUT2D eigenvalue weighted by Crippen LogP contribution is -2.36. The minimum absolute atomic E-state index is 0.120. The molecule has 0 fully saturated rings. The van der Waals surface area contributed by atoms with Gasteiger partial charge in [0, 0.05) is 18.8 Å². The third-order valence-electron chi connectivity index (χ3n) is 2.98. The van der Waals surface area contributed by atoms with E-state index in [-0.39, 0.29) is 5.91 Å². The van der Waals surface area contributed by atoms with Gasteiger partial charge in [0.2, 0.25) is 5.91 Å². The fourth-order valence-electron chi connectivity index (χ4n) is 2.22. The molecule has 0 unspecified atom stereocenters. The first-order valence-electron chi connectivity index (χ1n) is 5.45. The number of hydrogen-bond donors (Lipinski definition) is 1. The Labute approximate surface area is 104 Å². The number of rotatable bonds is 2. The molecule has 3 nitrogen and oxygen atoms in total. The van der Waals surface area contributed by atoms with Crippen molar-refractivity contribution >= 4 is 27.5 Å². The Morgan fingerprint density at radius 2 is 2.31 bits per heavy atom. The van der Waals surface area contributed by atoms with Crippen molar-refractivity contribution in [1.82, 2.24) is 0 Å². The van der Waals surface area contributed by atoms with Crippen LogP contribution < -0.4 is 10.6 Å². The Morgan fingerprint density at radius 1 is 1.50 bits per heavy atom. The first-order valence-corrected chi connectivity index (χ1v) is 6.57. The predicted molar refractivity (Wildman–Crippen MR) is 68.8 cm³/mol. The second-order valence-electron chi connectivity index (χ2n) is 3.90. The highest BCUT2D eigenvalue weighted by Gasteiger charge is 2.22. The molecule has 86 valence electrons. The summed E-state index contributed by atoms with van der Waals surface area (Å²) in [4.78, 5) is 13.6. The van der Waals surface area contributed by atoms with Crippen LogP contribution in [0.5, 0.6) is 0 Å². The predicted octanol–water partition coefficient (Wildman–Crippen LogP) is 1.82. The number of nitrogens with two attached hydrogens (primary N) is 1. The molecule has 0 aromatic heterocycles. The Balaban J connectivity index is 2.43. The zero-order valence-electron chi connectivity index (χ0n) is 9.08. The number of hydrogen-bond acceptors (Lipinski definition) is 2. The molecule has 1 amide bonds. The molecule has 0 spiro atoms. The van der Waals surface area contributed by atoms with Crippen molar-refractivity contribution in [3.8, 4) is 0 Å². The van der Waals surface area contributed by atoms with Crippen molar-refractivity contribution in [2.75, 3.05) is 16.8 Å². The molecule has 2 rings (SSSR count). The summed E-state index contributed by atoms with van der Waals surface area (Å²) < 4.78 is 0. The lowest BCUT2D eigenvalue weighted by Gasteiger charge is -2.30. The van der Waals surface area contributed by atoms with Gasteiger partial charge in [0.15, 0.2) is 0 Å². The third-order valence-corrected chi connectivity index (χ3v) is 3.46. The molecular weight excluding hydrogens is 268 g/mol. The Morgan fingerprint density at radius 3 is 3.00 bits per heavy atom. The summed E-state index contributed by atoms with van der Waals surface area (Å²) in [5, 5.41) is 0.374. The van der Waals surface area contributed by atoms with E-state index in [4.69, 9.17) is 5.73 Å². The molecule has 16 heavy (non-hydrogen) atoms. The maximum absolute atomic E-state index is 11.8. The van der Waals surface area contributed by atoms with Gasteiger partial charge in [-0.05, 0) is 30.0 Å². The standard InChI is InChI=1S/C12H15BrN2O/c13-7-12(16)15-6-2-4-10-9(8-14)3-1-5-11(10)15/h1,3,5H,2,4,6-8,14H2. The van der Waals surface area contributed by atoms with Crippen molar-refractivity contribution in [2.24, 2.45) is 5.73 Å². The third kappa shape index (κ3) is 1.99. The number of carbonyl (C=O) groups is 1. The maximum Gasteiger partial charge on any atom is 0.237 e. The van der Waals surface area contributed by atoms with Crippen molar-refractivity contribution in [2.45, 2.75) is 19.4 Å². The Bertz CT molecular complexity index is 406. The van der Waals surface area contributed by atoms with Crippen LogP contribution in [0.3, 0.4) is 0 Å². The molecule has 1 heterocycles. The van der Waals surface area contributed by atoms with Crippen LogP contribution in [0.1, 0.15) is 17.5 Å². The van der Waals surface area contributed by atoms with E-state index in [1.807, 2.05) is 23.1 Å². The number of benzene rings is 1. The molecule has 0 saturated carbocycles. The smallest absolute Gasteiger partial charge is 0.237 e. The first-order chi connectivity index (χ1) is 7.77. The van der Waals surface area contributed by atoms with E-state index >= 15 is 0 Å². The van der Waals surface area contributed by atoms with Crippen molar-refractivity contribution in [1.29, 1.82) is 0 Å². The van der Waals surface area contributed by atoms with Crippen LogP contribution in [-0.2, 0) is 17.8 Å². The highest BCUT2D eigenvalue weighted by atomic mass is 79.9. The summed E-state index contributed by atoms with van der Waals surface area (Å²) in [5.74, 6) is 0.120. The van der Waals surface area contributed by atoms with E-state index in [0.29, 0.717) is 11.9 Å². The minimum Gasteiger partial charge on any atom is -0.326 e. The molecule has 0 saturated heterocycles. The number of alkyl halides is 1. The highest BCUT2D eigenvalue weighted by Crippen LogP contribution is 2.29. The van der Waals surface area contributed by atoms with Gasteiger partial charge in [0.05, 0.1) is 5.33 Å². The SMILES string of the molecule is NCc1cccc2c1CCCN2C(=O)CBr. The van der Waals surface area contributed by atoms with E-state index in [1.54, 1.807) is 0 Å². The summed E-state index contributed by atoms with van der Waals surface area (Å²) in [7, 11) is 0. The quantitative estimate of drug-likeness (QED) is 0.842. The molecule has 1 aromatic carbocycles. The van der Waals surface area contributed by atoms with Crippen LogP contribution in [0, 0.1) is 0 Å². The average molecular weight is 283 g/mol. The minimum atomic E-state index is 0.120. The van der Waals surface area contributed by atoms with Gasteiger partial charge in [0.1, 0.15) is 0 Å². The lowest BCUT2D eigenvalue weighted by atomic mass is 9.96. The zero-order chi connectivity index (χ0) is 11.5. The molecule has 1 aliphatic heterocycles. The second kappa shape index (κ2) is 4.97. The monoisotopic (exact) mass is 282 g/mol. The number of nitrogens with zero attached hydrogens (tertiary/aromatic N) is 1. The van der Waals surface area contributed by atoms with Crippen LogP contribution in [-0.4, -0.2) is 17.8 Å². The summed E-state index contributed by atoms with van der Waals surface area (Å²) in [5.41, 5.74) is 9.15. The van der Waals surface area contributed by atoms with Gasteiger partial charge in [-0.3, -0.25) is 4.79 Å². The lowest BCUT2D eigenvalue weighted by molar-refractivity contribution is -0.116. The number of fused-ring (bicyclic) bond motifs is 1. The molecule has 1 aliphatic rings. The summed E-state index contributed by atoms with van der Waals surface area (Å²) in [6, 6.07) is 6.02.